The Balaban J connectivity index is 2.34. The van der Waals surface area contributed by atoms with Gasteiger partial charge in [0.15, 0.2) is 9.87 Å². The molecule has 0 radical (unpaired) electrons. The maximum Gasteiger partial charge on any atom is 0.410 e. The molecule has 2 aromatic carbocycles. The van der Waals surface area contributed by atoms with E-state index in [1.54, 1.807) is 6.07 Å². The summed E-state index contributed by atoms with van der Waals surface area (Å²) in [5.74, 6) is 0. The molecule has 2 aromatic rings. The zero-order chi connectivity index (χ0) is 13.6. The summed E-state index contributed by atoms with van der Waals surface area (Å²) in [4.78, 5) is 2.68. The molecule has 19 heavy (non-hydrogen) atoms. The predicted octanol–water partition coefficient (Wildman–Crippen LogP) is 2.99. The van der Waals surface area contributed by atoms with Crippen molar-refractivity contribution in [1.82, 2.24) is 0 Å². The van der Waals surface area contributed by atoms with Gasteiger partial charge in [0.05, 0.1) is 5.56 Å². The summed E-state index contributed by atoms with van der Waals surface area (Å²) in [5, 5.41) is 9.07. The third-order valence-electron chi connectivity index (χ3n) is 3.30. The van der Waals surface area contributed by atoms with E-state index in [0.717, 1.165) is 16.7 Å². The van der Waals surface area contributed by atoms with Crippen molar-refractivity contribution in [2.75, 3.05) is 0 Å². The molecule has 5 nitrogen and oxygen atoms in total. The van der Waals surface area contributed by atoms with Gasteiger partial charge in [-0.2, -0.15) is 8.42 Å². The molecule has 0 unspecified atom stereocenters. The summed E-state index contributed by atoms with van der Waals surface area (Å²) in [7, 11) is -4.41. The fraction of sp³-hybridized carbons (Fsp3) is 0.0769. The molecule has 0 saturated carbocycles. The second kappa shape index (κ2) is 3.88. The van der Waals surface area contributed by atoms with Gasteiger partial charge in [-0.1, -0.05) is 30.3 Å². The van der Waals surface area contributed by atoms with Gasteiger partial charge in [0.1, 0.15) is 0 Å². The second-order valence-corrected chi connectivity index (χ2v) is 5.74. The quantitative estimate of drug-likeness (QED) is 0.545. The molecular formula is C13H9N2O3S+. The highest BCUT2D eigenvalue weighted by Gasteiger charge is 2.34. The van der Waals surface area contributed by atoms with Gasteiger partial charge in [-0.15, -0.1) is 0 Å². The molecule has 1 aliphatic carbocycles. The molecule has 0 atom stereocenters. The first-order valence-electron chi connectivity index (χ1n) is 5.59. The molecule has 0 aliphatic heterocycles. The average Bonchev–Trinajstić information content (AvgIpc) is 2.75. The van der Waals surface area contributed by atoms with Crippen LogP contribution in [0.2, 0.25) is 0 Å². The Labute approximate surface area is 109 Å². The fourth-order valence-electron chi connectivity index (χ4n) is 2.49. The summed E-state index contributed by atoms with van der Waals surface area (Å²) >= 11 is 0. The zero-order valence-electron chi connectivity index (χ0n) is 9.74. The summed E-state index contributed by atoms with van der Waals surface area (Å²) in [6, 6.07) is 10.5. The van der Waals surface area contributed by atoms with Crippen LogP contribution < -0.4 is 0 Å². The summed E-state index contributed by atoms with van der Waals surface area (Å²) < 4.78 is 31.7. The van der Waals surface area contributed by atoms with E-state index in [-0.39, 0.29) is 10.6 Å². The topological polar surface area (TPSA) is 82.5 Å². The number of hydrogen-bond donors (Lipinski definition) is 1. The number of nitrogens with zero attached hydrogens (tertiary/aromatic N) is 2. The Morgan fingerprint density at radius 3 is 2.53 bits per heavy atom. The van der Waals surface area contributed by atoms with Crippen LogP contribution in [0.3, 0.4) is 0 Å². The Kier molecular flexibility index (Phi) is 2.42. The SMILES string of the molecule is N#[N+]c1c(S(=O)(=O)O)ccc2c1Cc1ccccc1-2. The van der Waals surface area contributed by atoms with Crippen molar-refractivity contribution in [2.45, 2.75) is 11.3 Å². The molecular weight excluding hydrogens is 264 g/mol. The van der Waals surface area contributed by atoms with Crippen LogP contribution in [-0.2, 0) is 16.5 Å². The van der Waals surface area contributed by atoms with E-state index < -0.39 is 10.1 Å². The molecule has 0 spiro atoms. The molecule has 0 amide bonds. The van der Waals surface area contributed by atoms with E-state index in [4.69, 9.17) is 9.95 Å². The predicted molar refractivity (Wildman–Crippen MR) is 69.2 cm³/mol. The van der Waals surface area contributed by atoms with Crippen molar-refractivity contribution in [3.05, 3.63) is 52.5 Å². The van der Waals surface area contributed by atoms with E-state index in [1.165, 1.54) is 6.07 Å². The monoisotopic (exact) mass is 273 g/mol. The first kappa shape index (κ1) is 11.8. The zero-order valence-corrected chi connectivity index (χ0v) is 10.6. The van der Waals surface area contributed by atoms with Crippen LogP contribution in [0.1, 0.15) is 11.1 Å². The van der Waals surface area contributed by atoms with Gasteiger partial charge in [0.25, 0.3) is 0 Å². The average molecular weight is 273 g/mol. The fourth-order valence-corrected chi connectivity index (χ4v) is 3.14. The van der Waals surface area contributed by atoms with E-state index in [9.17, 15) is 8.42 Å². The summed E-state index contributed by atoms with van der Waals surface area (Å²) in [6.45, 7) is 0. The molecule has 0 saturated heterocycles. The van der Waals surface area contributed by atoms with E-state index in [2.05, 4.69) is 4.98 Å². The molecule has 0 fully saturated rings. The first-order chi connectivity index (χ1) is 9.02. The van der Waals surface area contributed by atoms with Gasteiger partial charge < -0.3 is 0 Å². The second-order valence-electron chi connectivity index (χ2n) is 4.35. The highest BCUT2D eigenvalue weighted by molar-refractivity contribution is 7.86. The number of rotatable bonds is 1. The Bertz CT molecular complexity index is 835. The lowest BCUT2D eigenvalue weighted by atomic mass is 10.1. The van der Waals surface area contributed by atoms with Gasteiger partial charge in [-0.05, 0) is 22.8 Å². The third kappa shape index (κ3) is 1.71. The standard InChI is InChI=1S/C13H8N2O3S/c14-15-13-11-7-8-3-1-2-4-9(8)10(11)5-6-12(13)19(16,17)18/h1-6H,7H2/p+1. The Morgan fingerprint density at radius 2 is 1.84 bits per heavy atom. The lowest BCUT2D eigenvalue weighted by Crippen LogP contribution is -1.99. The van der Waals surface area contributed by atoms with Crippen LogP contribution in [0.4, 0.5) is 5.69 Å². The van der Waals surface area contributed by atoms with Crippen LogP contribution in [-0.4, -0.2) is 13.0 Å². The molecule has 6 heteroatoms. The van der Waals surface area contributed by atoms with E-state index in [0.29, 0.717) is 12.0 Å². The van der Waals surface area contributed by atoms with Gasteiger partial charge in [0.2, 0.25) is 5.39 Å². The van der Waals surface area contributed by atoms with Crippen molar-refractivity contribution in [3.8, 4) is 11.1 Å². The van der Waals surface area contributed by atoms with Gasteiger partial charge in [-0.3, -0.25) is 4.55 Å². The molecule has 1 aliphatic rings. The Hall–Kier alpha value is -2.23. The van der Waals surface area contributed by atoms with Crippen LogP contribution in [0.25, 0.3) is 16.1 Å². The smallest absolute Gasteiger partial charge is 0.282 e. The number of benzene rings is 2. The normalized spacial score (nSPS) is 12.6. The number of fused-ring (bicyclic) bond motifs is 3. The lowest BCUT2D eigenvalue weighted by Gasteiger charge is -2.00. The highest BCUT2D eigenvalue weighted by Crippen LogP contribution is 2.43. The largest absolute Gasteiger partial charge is 0.410 e. The van der Waals surface area contributed by atoms with Crippen LogP contribution >= 0.6 is 0 Å². The van der Waals surface area contributed by atoms with Crippen LogP contribution in [0.5, 0.6) is 0 Å². The van der Waals surface area contributed by atoms with Crippen LogP contribution in [0, 0.1) is 5.39 Å². The van der Waals surface area contributed by atoms with E-state index >= 15 is 0 Å². The minimum Gasteiger partial charge on any atom is -0.282 e. The van der Waals surface area contributed by atoms with Gasteiger partial charge in [0, 0.05) is 6.42 Å². The van der Waals surface area contributed by atoms with Crippen molar-refractivity contribution in [3.63, 3.8) is 0 Å². The van der Waals surface area contributed by atoms with E-state index in [1.807, 2.05) is 24.3 Å². The summed E-state index contributed by atoms with van der Waals surface area (Å²) in [6.07, 6.45) is 0.480. The van der Waals surface area contributed by atoms with Gasteiger partial charge >= 0.3 is 15.8 Å². The number of hydrogen-bond acceptors (Lipinski definition) is 3. The molecule has 0 bridgehead atoms. The number of diazo groups is 1. The minimum absolute atomic E-state index is 0.0869. The van der Waals surface area contributed by atoms with Crippen molar-refractivity contribution >= 4 is 15.8 Å². The Morgan fingerprint density at radius 1 is 1.11 bits per heavy atom. The lowest BCUT2D eigenvalue weighted by molar-refractivity contribution is 0.483. The molecule has 3 rings (SSSR count). The highest BCUT2D eigenvalue weighted by atomic mass is 32.2. The van der Waals surface area contributed by atoms with Crippen molar-refractivity contribution in [1.29, 1.82) is 5.39 Å². The molecule has 0 aromatic heterocycles. The summed E-state index contributed by atoms with van der Waals surface area (Å²) in [5.41, 5.74) is 3.38. The van der Waals surface area contributed by atoms with Crippen molar-refractivity contribution in [2.24, 2.45) is 0 Å². The molecule has 1 N–H and O–H groups in total. The van der Waals surface area contributed by atoms with Crippen LogP contribution in [0.15, 0.2) is 41.3 Å². The molecule has 0 heterocycles. The maximum atomic E-state index is 11.3. The molecule has 94 valence electrons. The first-order valence-corrected chi connectivity index (χ1v) is 7.03. The minimum atomic E-state index is -4.41. The third-order valence-corrected chi connectivity index (χ3v) is 4.18. The maximum absolute atomic E-state index is 11.3. The van der Waals surface area contributed by atoms with Gasteiger partial charge in [-0.25, -0.2) is 0 Å². The van der Waals surface area contributed by atoms with Crippen molar-refractivity contribution < 1.29 is 13.0 Å².